The van der Waals surface area contributed by atoms with Gasteiger partial charge in [-0.25, -0.2) is 0 Å². The zero-order chi connectivity index (χ0) is 17.2. The van der Waals surface area contributed by atoms with Crippen molar-refractivity contribution in [3.63, 3.8) is 0 Å². The molecule has 0 spiro atoms. The molecule has 7 heteroatoms. The van der Waals surface area contributed by atoms with Gasteiger partial charge in [0, 0.05) is 38.6 Å². The Balaban J connectivity index is 1.51. The molecule has 2 aliphatic rings. The number of piperazine rings is 1. The van der Waals surface area contributed by atoms with Gasteiger partial charge in [0.05, 0.1) is 0 Å². The minimum Gasteiger partial charge on any atom is -0.406 e. The predicted molar refractivity (Wildman–Crippen MR) is 82.6 cm³/mol. The van der Waals surface area contributed by atoms with Crippen molar-refractivity contribution >= 4 is 5.91 Å². The second kappa shape index (κ2) is 7.01. The summed E-state index contributed by atoms with van der Waals surface area (Å²) >= 11 is 0. The predicted octanol–water partition coefficient (Wildman–Crippen LogP) is 2.82. The Labute approximate surface area is 139 Å². The van der Waals surface area contributed by atoms with Crippen molar-refractivity contribution in [3.05, 3.63) is 29.8 Å². The van der Waals surface area contributed by atoms with Crippen LogP contribution in [-0.4, -0.2) is 54.3 Å². The Morgan fingerprint density at radius 1 is 1.12 bits per heavy atom. The Bertz CT molecular complexity index is 579. The first-order valence-electron chi connectivity index (χ1n) is 8.28. The van der Waals surface area contributed by atoms with Gasteiger partial charge in [-0.1, -0.05) is 18.2 Å². The third kappa shape index (κ3) is 4.63. The summed E-state index contributed by atoms with van der Waals surface area (Å²) < 4.78 is 41.3. The van der Waals surface area contributed by atoms with Crippen LogP contribution in [0.25, 0.3) is 0 Å². The van der Waals surface area contributed by atoms with Crippen molar-refractivity contribution in [2.24, 2.45) is 0 Å². The van der Waals surface area contributed by atoms with Gasteiger partial charge in [-0.2, -0.15) is 0 Å². The summed E-state index contributed by atoms with van der Waals surface area (Å²) in [6, 6.07) is 6.69. The van der Waals surface area contributed by atoms with Gasteiger partial charge >= 0.3 is 6.36 Å². The third-order valence-corrected chi connectivity index (χ3v) is 4.54. The second-order valence-corrected chi connectivity index (χ2v) is 6.30. The molecule has 4 nitrogen and oxygen atoms in total. The van der Waals surface area contributed by atoms with E-state index in [1.54, 1.807) is 12.1 Å². The molecule has 1 aliphatic heterocycles. The lowest BCUT2D eigenvalue weighted by Crippen LogP contribution is -2.49. The molecule has 1 aliphatic carbocycles. The van der Waals surface area contributed by atoms with Crippen molar-refractivity contribution in [1.29, 1.82) is 0 Å². The van der Waals surface area contributed by atoms with E-state index in [1.165, 1.54) is 25.0 Å². The monoisotopic (exact) mass is 342 g/mol. The number of carbonyl (C=O) groups excluding carboxylic acids is 1. The highest BCUT2D eigenvalue weighted by atomic mass is 19.4. The standard InChI is InChI=1S/C17H21F3N2O2/c18-17(19,20)24-15-4-2-1-3-13(15)5-8-16(23)22-11-9-21(10-12-22)14-6-7-14/h1-4,14H,5-12H2. The van der Waals surface area contributed by atoms with Gasteiger partial charge in [0.1, 0.15) is 5.75 Å². The van der Waals surface area contributed by atoms with Crippen LogP contribution in [-0.2, 0) is 11.2 Å². The summed E-state index contributed by atoms with van der Waals surface area (Å²) in [7, 11) is 0. The van der Waals surface area contributed by atoms with E-state index in [0.29, 0.717) is 24.7 Å². The molecule has 3 rings (SSSR count). The van der Waals surface area contributed by atoms with E-state index in [1.807, 2.05) is 4.90 Å². The quantitative estimate of drug-likeness (QED) is 0.825. The normalized spacial score (nSPS) is 19.4. The molecule has 0 N–H and O–H groups in total. The van der Waals surface area contributed by atoms with E-state index >= 15 is 0 Å². The van der Waals surface area contributed by atoms with Crippen LogP contribution in [0.3, 0.4) is 0 Å². The SMILES string of the molecule is O=C(CCc1ccccc1OC(F)(F)F)N1CCN(C2CC2)CC1. The second-order valence-electron chi connectivity index (χ2n) is 6.30. The van der Waals surface area contributed by atoms with Gasteiger partial charge in [-0.05, 0) is 30.9 Å². The summed E-state index contributed by atoms with van der Waals surface area (Å²) in [6.07, 6.45) is -1.78. The minimum absolute atomic E-state index is 0.00717. The number of aryl methyl sites for hydroxylation is 1. The van der Waals surface area contributed by atoms with Crippen molar-refractivity contribution in [2.75, 3.05) is 26.2 Å². The number of ether oxygens (including phenoxy) is 1. The maximum absolute atomic E-state index is 12.4. The number of benzene rings is 1. The zero-order valence-electron chi connectivity index (χ0n) is 13.4. The lowest BCUT2D eigenvalue weighted by molar-refractivity contribution is -0.274. The fourth-order valence-corrected chi connectivity index (χ4v) is 3.11. The van der Waals surface area contributed by atoms with Crippen LogP contribution in [0, 0.1) is 0 Å². The summed E-state index contributed by atoms with van der Waals surface area (Å²) in [6.45, 7) is 3.19. The molecule has 1 saturated heterocycles. The molecule has 1 saturated carbocycles. The Morgan fingerprint density at radius 2 is 1.79 bits per heavy atom. The summed E-state index contributed by atoms with van der Waals surface area (Å²) in [5.41, 5.74) is 0.403. The Hall–Kier alpha value is -1.76. The van der Waals surface area contributed by atoms with Gasteiger partial charge in [-0.15, -0.1) is 13.2 Å². The molecular weight excluding hydrogens is 321 g/mol. The molecule has 0 bridgehead atoms. The van der Waals surface area contributed by atoms with Crippen LogP contribution in [0.4, 0.5) is 13.2 Å². The largest absolute Gasteiger partial charge is 0.573 e. The van der Waals surface area contributed by atoms with Crippen LogP contribution < -0.4 is 4.74 Å². The van der Waals surface area contributed by atoms with E-state index in [0.717, 1.165) is 13.1 Å². The number of hydrogen-bond acceptors (Lipinski definition) is 3. The van der Waals surface area contributed by atoms with Crippen molar-refractivity contribution in [1.82, 2.24) is 9.80 Å². The van der Waals surface area contributed by atoms with E-state index in [4.69, 9.17) is 0 Å². The Kier molecular flexibility index (Phi) is 4.99. The summed E-state index contributed by atoms with van der Waals surface area (Å²) in [4.78, 5) is 16.5. The number of halogens is 3. The molecule has 1 aromatic carbocycles. The fourth-order valence-electron chi connectivity index (χ4n) is 3.11. The summed E-state index contributed by atoms with van der Waals surface area (Å²) in [5, 5.41) is 0. The first kappa shape index (κ1) is 17.1. The van der Waals surface area contributed by atoms with Gasteiger partial charge in [0.25, 0.3) is 0 Å². The smallest absolute Gasteiger partial charge is 0.406 e. The molecule has 1 aromatic rings. The van der Waals surface area contributed by atoms with Crippen molar-refractivity contribution < 1.29 is 22.7 Å². The van der Waals surface area contributed by atoms with Crippen molar-refractivity contribution in [3.8, 4) is 5.75 Å². The van der Waals surface area contributed by atoms with Gasteiger partial charge in [0.2, 0.25) is 5.91 Å². The topological polar surface area (TPSA) is 32.8 Å². The van der Waals surface area contributed by atoms with Gasteiger partial charge < -0.3 is 9.64 Å². The van der Waals surface area contributed by atoms with Gasteiger partial charge in [0.15, 0.2) is 0 Å². The molecule has 0 aromatic heterocycles. The van der Waals surface area contributed by atoms with Crippen LogP contribution in [0.1, 0.15) is 24.8 Å². The van der Waals surface area contributed by atoms with Crippen LogP contribution in [0.2, 0.25) is 0 Å². The molecule has 24 heavy (non-hydrogen) atoms. The highest BCUT2D eigenvalue weighted by Crippen LogP contribution is 2.28. The first-order valence-corrected chi connectivity index (χ1v) is 8.28. The molecule has 0 radical (unpaired) electrons. The minimum atomic E-state index is -4.72. The van der Waals surface area contributed by atoms with E-state index < -0.39 is 6.36 Å². The van der Waals surface area contributed by atoms with Crippen LogP contribution in [0.5, 0.6) is 5.75 Å². The lowest BCUT2D eigenvalue weighted by atomic mass is 10.1. The Morgan fingerprint density at radius 3 is 2.42 bits per heavy atom. The highest BCUT2D eigenvalue weighted by molar-refractivity contribution is 5.76. The average molecular weight is 342 g/mol. The number of amides is 1. The van der Waals surface area contributed by atoms with Crippen LogP contribution in [0.15, 0.2) is 24.3 Å². The third-order valence-electron chi connectivity index (χ3n) is 4.54. The fraction of sp³-hybridized carbons (Fsp3) is 0.588. The van der Waals surface area contributed by atoms with Crippen molar-refractivity contribution in [2.45, 2.75) is 38.1 Å². The molecule has 1 heterocycles. The number of carbonyl (C=O) groups is 1. The number of rotatable bonds is 5. The first-order chi connectivity index (χ1) is 11.4. The number of nitrogens with zero attached hydrogens (tertiary/aromatic N) is 2. The zero-order valence-corrected chi connectivity index (χ0v) is 13.4. The highest BCUT2D eigenvalue weighted by Gasteiger charge is 2.33. The summed E-state index contributed by atoms with van der Waals surface area (Å²) in [5.74, 6) is -0.233. The molecule has 2 fully saturated rings. The average Bonchev–Trinajstić information content (AvgIpc) is 3.37. The van der Waals surface area contributed by atoms with E-state index in [9.17, 15) is 18.0 Å². The lowest BCUT2D eigenvalue weighted by Gasteiger charge is -2.35. The number of para-hydroxylation sites is 1. The molecular formula is C17H21F3N2O2. The van der Waals surface area contributed by atoms with Crippen LogP contribution >= 0.6 is 0 Å². The molecule has 132 valence electrons. The maximum Gasteiger partial charge on any atom is 0.573 e. The molecule has 0 unspecified atom stereocenters. The molecule has 1 amide bonds. The number of hydrogen-bond donors (Lipinski definition) is 0. The number of alkyl halides is 3. The molecule has 0 atom stereocenters. The van der Waals surface area contributed by atoms with Gasteiger partial charge in [-0.3, -0.25) is 9.69 Å². The van der Waals surface area contributed by atoms with E-state index in [2.05, 4.69) is 9.64 Å². The maximum atomic E-state index is 12.4. The van der Waals surface area contributed by atoms with E-state index in [-0.39, 0.29) is 24.5 Å².